The number of amides is 1. The van der Waals surface area contributed by atoms with Crippen LogP contribution >= 0.6 is 11.8 Å². The van der Waals surface area contributed by atoms with Gasteiger partial charge in [0.05, 0.1) is 23.3 Å². The SMILES string of the molecule is C=C(O)CCCSC1CC(=O)C(CCCC(=O)O)C1=O.O=C(O)CCCNC(=O)CCC(=O)O. The number of ketones is 2. The Labute approximate surface area is 202 Å². The Morgan fingerprint density at radius 3 is 2.00 bits per heavy atom. The predicted octanol–water partition coefficient (Wildman–Crippen LogP) is 2.19. The van der Waals surface area contributed by atoms with E-state index in [-0.39, 0.29) is 67.1 Å². The molecule has 2 unspecified atom stereocenters. The average Bonchev–Trinajstić information content (AvgIpc) is 3.00. The van der Waals surface area contributed by atoms with E-state index in [9.17, 15) is 28.8 Å². The maximum Gasteiger partial charge on any atom is 0.303 e. The van der Waals surface area contributed by atoms with E-state index in [2.05, 4.69) is 11.9 Å². The van der Waals surface area contributed by atoms with Crippen molar-refractivity contribution in [3.8, 4) is 0 Å². The van der Waals surface area contributed by atoms with Gasteiger partial charge in [0.2, 0.25) is 5.91 Å². The molecular weight excluding hydrogens is 470 g/mol. The average molecular weight is 504 g/mol. The van der Waals surface area contributed by atoms with Gasteiger partial charge in [-0.3, -0.25) is 28.8 Å². The summed E-state index contributed by atoms with van der Waals surface area (Å²) in [5.41, 5.74) is 0. The molecule has 0 saturated heterocycles. The zero-order valence-corrected chi connectivity index (χ0v) is 19.8. The molecule has 12 heteroatoms. The van der Waals surface area contributed by atoms with E-state index in [1.54, 1.807) is 0 Å². The van der Waals surface area contributed by atoms with Gasteiger partial charge >= 0.3 is 17.9 Å². The minimum Gasteiger partial charge on any atom is -0.513 e. The van der Waals surface area contributed by atoms with Gasteiger partial charge in [0.1, 0.15) is 5.78 Å². The third-order valence-electron chi connectivity index (χ3n) is 4.70. The number of hydrogen-bond donors (Lipinski definition) is 5. The van der Waals surface area contributed by atoms with Crippen molar-refractivity contribution in [2.75, 3.05) is 12.3 Å². The molecule has 1 fully saturated rings. The lowest BCUT2D eigenvalue weighted by Crippen LogP contribution is -2.25. The number of hydrogen-bond acceptors (Lipinski definition) is 8. The Kier molecular flexibility index (Phi) is 16.1. The smallest absolute Gasteiger partial charge is 0.303 e. The summed E-state index contributed by atoms with van der Waals surface area (Å²) >= 11 is 1.44. The van der Waals surface area contributed by atoms with E-state index >= 15 is 0 Å². The number of rotatable bonds is 16. The zero-order valence-electron chi connectivity index (χ0n) is 19.0. The van der Waals surface area contributed by atoms with Crippen molar-refractivity contribution in [2.24, 2.45) is 5.92 Å². The molecule has 2 atom stereocenters. The van der Waals surface area contributed by atoms with Crippen LogP contribution in [0.15, 0.2) is 12.3 Å². The van der Waals surface area contributed by atoms with Gasteiger partial charge in [0.25, 0.3) is 0 Å². The molecule has 1 amide bonds. The minimum atomic E-state index is -1.02. The molecule has 34 heavy (non-hydrogen) atoms. The molecule has 5 N–H and O–H groups in total. The second kappa shape index (κ2) is 17.6. The third kappa shape index (κ3) is 15.8. The molecule has 1 aliphatic rings. The first-order valence-corrected chi connectivity index (χ1v) is 12.0. The molecule has 11 nitrogen and oxygen atoms in total. The van der Waals surface area contributed by atoms with Crippen LogP contribution in [0.4, 0.5) is 0 Å². The lowest BCUT2D eigenvalue weighted by atomic mass is 9.99. The van der Waals surface area contributed by atoms with Crippen LogP contribution in [0.25, 0.3) is 0 Å². The van der Waals surface area contributed by atoms with E-state index in [4.69, 9.17) is 20.4 Å². The standard InChI is InChI=1S/C14H20O5S.C8H13NO5/c1-9(15)4-3-7-20-12-8-11(16)10(14(12)19)5-2-6-13(17)18;10-6(3-4-8(13)14)9-5-1-2-7(11)12/h10,12,15H,1-8H2,(H,17,18);1-5H2,(H,9,10)(H,11,12)(H,13,14). The van der Waals surface area contributed by atoms with E-state index < -0.39 is 23.8 Å². The van der Waals surface area contributed by atoms with Gasteiger partial charge < -0.3 is 25.7 Å². The molecule has 192 valence electrons. The normalized spacial score (nSPS) is 16.9. The van der Waals surface area contributed by atoms with Crippen molar-refractivity contribution in [1.82, 2.24) is 5.32 Å². The fraction of sp³-hybridized carbons (Fsp3) is 0.636. The first-order valence-electron chi connectivity index (χ1n) is 10.9. The van der Waals surface area contributed by atoms with Crippen LogP contribution in [-0.2, 0) is 28.8 Å². The number of carboxylic acids is 3. The van der Waals surface area contributed by atoms with Gasteiger partial charge in [0, 0.05) is 38.6 Å². The van der Waals surface area contributed by atoms with Crippen LogP contribution in [-0.4, -0.2) is 73.4 Å². The number of allylic oxidation sites excluding steroid dienone is 1. The van der Waals surface area contributed by atoms with E-state index in [0.717, 1.165) is 6.42 Å². The first kappa shape index (κ1) is 31.1. The number of Topliss-reactive ketones (excluding diaryl/α,β-unsaturated/α-hetero) is 2. The van der Waals surface area contributed by atoms with Gasteiger partial charge in [-0.05, 0) is 31.4 Å². The Hall–Kier alpha value is -2.89. The van der Waals surface area contributed by atoms with Gasteiger partial charge in [0.15, 0.2) is 5.78 Å². The Morgan fingerprint density at radius 1 is 0.853 bits per heavy atom. The van der Waals surface area contributed by atoms with Gasteiger partial charge in [-0.15, -0.1) is 0 Å². The molecule has 0 radical (unpaired) electrons. The number of carboxylic acid groups (broad SMARTS) is 3. The number of carbonyl (C=O) groups excluding carboxylic acids is 3. The summed E-state index contributed by atoms with van der Waals surface area (Å²) in [6.45, 7) is 3.66. The number of aliphatic hydroxyl groups is 1. The lowest BCUT2D eigenvalue weighted by Gasteiger charge is -2.08. The number of thioether (sulfide) groups is 1. The fourth-order valence-electron chi connectivity index (χ4n) is 2.99. The molecule has 1 rings (SSSR count). The van der Waals surface area contributed by atoms with Gasteiger partial charge in [-0.2, -0.15) is 11.8 Å². The second-order valence-corrected chi connectivity index (χ2v) is 8.99. The summed E-state index contributed by atoms with van der Waals surface area (Å²) < 4.78 is 0. The highest BCUT2D eigenvalue weighted by Gasteiger charge is 2.40. The van der Waals surface area contributed by atoms with Crippen LogP contribution in [0.3, 0.4) is 0 Å². The summed E-state index contributed by atoms with van der Waals surface area (Å²) in [5, 5.41) is 36.1. The molecule has 0 bridgehead atoms. The van der Waals surface area contributed by atoms with Crippen LogP contribution in [0, 0.1) is 5.92 Å². The maximum atomic E-state index is 12.1. The van der Waals surface area contributed by atoms with E-state index in [1.807, 2.05) is 0 Å². The molecule has 0 aliphatic heterocycles. The Bertz CT molecular complexity index is 752. The molecule has 0 aromatic carbocycles. The maximum absolute atomic E-state index is 12.1. The Balaban J connectivity index is 0.000000686. The highest BCUT2D eigenvalue weighted by atomic mass is 32.2. The highest BCUT2D eigenvalue weighted by Crippen LogP contribution is 2.32. The number of aliphatic carboxylic acids is 3. The molecule has 1 aliphatic carbocycles. The van der Waals surface area contributed by atoms with Gasteiger partial charge in [-0.1, -0.05) is 6.58 Å². The first-order chi connectivity index (χ1) is 15.9. The summed E-state index contributed by atoms with van der Waals surface area (Å²) in [7, 11) is 0. The van der Waals surface area contributed by atoms with E-state index in [0.29, 0.717) is 31.4 Å². The van der Waals surface area contributed by atoms with Crippen molar-refractivity contribution in [3.63, 3.8) is 0 Å². The fourth-order valence-corrected chi connectivity index (χ4v) is 4.19. The topological polar surface area (TPSA) is 195 Å². The largest absolute Gasteiger partial charge is 0.513 e. The number of aliphatic hydroxyl groups excluding tert-OH is 1. The highest BCUT2D eigenvalue weighted by molar-refractivity contribution is 8.00. The molecule has 0 aromatic rings. The van der Waals surface area contributed by atoms with Gasteiger partial charge in [-0.25, -0.2) is 0 Å². The minimum absolute atomic E-state index is 0.000783. The monoisotopic (exact) mass is 503 g/mol. The van der Waals surface area contributed by atoms with Crippen molar-refractivity contribution >= 4 is 47.1 Å². The summed E-state index contributed by atoms with van der Waals surface area (Å²) in [6, 6.07) is 0. The number of carbonyl (C=O) groups is 6. The second-order valence-electron chi connectivity index (χ2n) is 7.68. The molecular formula is C22H33NO10S. The van der Waals surface area contributed by atoms with E-state index in [1.165, 1.54) is 11.8 Å². The quantitative estimate of drug-likeness (QED) is 0.118. The summed E-state index contributed by atoms with van der Waals surface area (Å²) in [6.07, 6.45) is 2.26. The van der Waals surface area contributed by atoms with Crippen molar-refractivity contribution < 1.29 is 49.2 Å². The van der Waals surface area contributed by atoms with Crippen LogP contribution in [0.2, 0.25) is 0 Å². The van der Waals surface area contributed by atoms with Crippen LogP contribution in [0.5, 0.6) is 0 Å². The van der Waals surface area contributed by atoms with Crippen molar-refractivity contribution in [2.45, 2.75) is 69.5 Å². The molecule has 0 spiro atoms. The van der Waals surface area contributed by atoms with Crippen LogP contribution < -0.4 is 5.32 Å². The molecule has 0 aromatic heterocycles. The summed E-state index contributed by atoms with van der Waals surface area (Å²) in [5.74, 6) is -3.11. The number of nitrogens with one attached hydrogen (secondary N) is 1. The zero-order chi connectivity index (χ0) is 26.1. The molecule has 1 saturated carbocycles. The van der Waals surface area contributed by atoms with Crippen molar-refractivity contribution in [3.05, 3.63) is 12.3 Å². The Morgan fingerprint density at radius 2 is 1.44 bits per heavy atom. The molecule has 0 heterocycles. The predicted molar refractivity (Wildman–Crippen MR) is 124 cm³/mol. The lowest BCUT2D eigenvalue weighted by molar-refractivity contribution is -0.139. The van der Waals surface area contributed by atoms with Crippen LogP contribution in [0.1, 0.15) is 64.2 Å². The summed E-state index contributed by atoms with van der Waals surface area (Å²) in [4.78, 5) is 65.3. The third-order valence-corrected chi connectivity index (χ3v) is 6.03. The van der Waals surface area contributed by atoms with Crippen molar-refractivity contribution in [1.29, 1.82) is 0 Å².